The Hall–Kier alpha value is -1.22. The molecule has 0 spiro atoms. The van der Waals surface area contributed by atoms with Gasteiger partial charge in [-0.25, -0.2) is 0 Å². The van der Waals surface area contributed by atoms with Crippen molar-refractivity contribution in [3.05, 3.63) is 28.8 Å². The summed E-state index contributed by atoms with van der Waals surface area (Å²) in [5, 5.41) is 2.13. The van der Waals surface area contributed by atoms with Crippen molar-refractivity contribution in [1.29, 1.82) is 0 Å². The van der Waals surface area contributed by atoms with E-state index in [2.05, 4.69) is 25.2 Å². The van der Waals surface area contributed by atoms with Crippen LogP contribution in [0.3, 0.4) is 0 Å². The average molecular weight is 270 g/mol. The molecule has 1 N–H and O–H groups in total. The predicted octanol–water partition coefficient (Wildman–Crippen LogP) is 3.54. The van der Waals surface area contributed by atoms with Crippen LogP contribution in [0.25, 0.3) is 0 Å². The highest BCUT2D eigenvalue weighted by atomic mass is 35.5. The highest BCUT2D eigenvalue weighted by Crippen LogP contribution is 2.31. The first-order chi connectivity index (χ1) is 8.27. The number of carbonyl (C=O) groups is 1. The summed E-state index contributed by atoms with van der Waals surface area (Å²) in [7, 11) is 1.67. The van der Waals surface area contributed by atoms with E-state index >= 15 is 0 Å². The minimum atomic E-state index is -0.522. The lowest BCUT2D eigenvalue weighted by Crippen LogP contribution is -2.34. The number of ether oxygens (including phenoxy) is 1. The minimum Gasteiger partial charge on any atom is -0.496 e. The van der Waals surface area contributed by atoms with E-state index in [1.54, 1.807) is 7.11 Å². The number of nitrogens with one attached hydrogen (secondary N) is 1. The SMILES string of the molecule is COc1cc(C)c(C(C)(C)CNC(=O)Cl)cc1C. The van der Waals surface area contributed by atoms with Crippen LogP contribution in [0.15, 0.2) is 12.1 Å². The summed E-state index contributed by atoms with van der Waals surface area (Å²) in [4.78, 5) is 10.8. The topological polar surface area (TPSA) is 38.3 Å². The van der Waals surface area contributed by atoms with Gasteiger partial charge >= 0.3 is 5.37 Å². The lowest BCUT2D eigenvalue weighted by molar-refractivity contribution is 0.257. The Bertz CT molecular complexity index is 455. The lowest BCUT2D eigenvalue weighted by Gasteiger charge is -2.28. The molecule has 1 rings (SSSR count). The summed E-state index contributed by atoms with van der Waals surface area (Å²) in [5.41, 5.74) is 3.24. The molecule has 3 nitrogen and oxygen atoms in total. The molecule has 4 heteroatoms. The van der Waals surface area contributed by atoms with Gasteiger partial charge in [-0.15, -0.1) is 0 Å². The highest BCUT2D eigenvalue weighted by molar-refractivity contribution is 6.62. The summed E-state index contributed by atoms with van der Waals surface area (Å²) in [6, 6.07) is 4.13. The molecular weight excluding hydrogens is 250 g/mol. The molecule has 0 bridgehead atoms. The van der Waals surface area contributed by atoms with Crippen molar-refractivity contribution in [3.63, 3.8) is 0 Å². The van der Waals surface area contributed by atoms with E-state index < -0.39 is 5.37 Å². The molecule has 0 aliphatic heterocycles. The second kappa shape index (κ2) is 5.61. The van der Waals surface area contributed by atoms with E-state index in [1.165, 1.54) is 5.56 Å². The standard InChI is InChI=1S/C14H20ClNO2/c1-9-7-12(18-5)10(2)6-11(9)14(3,4)8-16-13(15)17/h6-7H,8H2,1-5H3,(H,16,17). The number of hydrogen-bond acceptors (Lipinski definition) is 2. The van der Waals surface area contributed by atoms with Crippen molar-refractivity contribution in [3.8, 4) is 5.75 Å². The summed E-state index contributed by atoms with van der Waals surface area (Å²) in [6.07, 6.45) is 0. The Morgan fingerprint density at radius 2 is 1.94 bits per heavy atom. The molecule has 0 fully saturated rings. The van der Waals surface area contributed by atoms with Crippen LogP contribution in [0.1, 0.15) is 30.5 Å². The van der Waals surface area contributed by atoms with E-state index in [4.69, 9.17) is 16.3 Å². The van der Waals surface area contributed by atoms with E-state index in [0.717, 1.165) is 16.9 Å². The molecule has 18 heavy (non-hydrogen) atoms. The summed E-state index contributed by atoms with van der Waals surface area (Å²) >= 11 is 5.32. The maximum Gasteiger partial charge on any atom is 0.313 e. The molecule has 1 amide bonds. The van der Waals surface area contributed by atoms with Gasteiger partial charge in [0, 0.05) is 12.0 Å². The first-order valence-electron chi connectivity index (χ1n) is 5.87. The van der Waals surface area contributed by atoms with Gasteiger partial charge in [0.2, 0.25) is 0 Å². The molecule has 0 unspecified atom stereocenters. The van der Waals surface area contributed by atoms with Gasteiger partial charge in [0.1, 0.15) is 5.75 Å². The van der Waals surface area contributed by atoms with E-state index in [0.29, 0.717) is 6.54 Å². The van der Waals surface area contributed by atoms with Crippen molar-refractivity contribution in [2.45, 2.75) is 33.1 Å². The van der Waals surface area contributed by atoms with Crippen molar-refractivity contribution in [2.75, 3.05) is 13.7 Å². The Labute approximate surface area is 113 Å². The van der Waals surface area contributed by atoms with Crippen LogP contribution in [-0.2, 0) is 5.41 Å². The molecule has 1 aromatic carbocycles. The van der Waals surface area contributed by atoms with Gasteiger partial charge in [-0.3, -0.25) is 4.79 Å². The number of halogens is 1. The van der Waals surface area contributed by atoms with Crippen molar-refractivity contribution < 1.29 is 9.53 Å². The van der Waals surface area contributed by atoms with Gasteiger partial charge in [0.05, 0.1) is 7.11 Å². The second-order valence-corrected chi connectivity index (χ2v) is 5.49. The van der Waals surface area contributed by atoms with E-state index in [-0.39, 0.29) is 5.41 Å². The average Bonchev–Trinajstić information content (AvgIpc) is 2.29. The molecule has 0 saturated carbocycles. The molecule has 0 aliphatic rings. The smallest absolute Gasteiger partial charge is 0.313 e. The maximum absolute atomic E-state index is 10.8. The molecule has 0 saturated heterocycles. The molecule has 1 aromatic rings. The van der Waals surface area contributed by atoms with E-state index in [1.807, 2.05) is 19.9 Å². The predicted molar refractivity (Wildman–Crippen MR) is 74.7 cm³/mol. The van der Waals surface area contributed by atoms with Crippen molar-refractivity contribution in [2.24, 2.45) is 0 Å². The number of methoxy groups -OCH3 is 1. The van der Waals surface area contributed by atoms with Gasteiger partial charge in [-0.1, -0.05) is 19.9 Å². The third-order valence-corrected chi connectivity index (χ3v) is 3.27. The van der Waals surface area contributed by atoms with Gasteiger partial charge in [0.25, 0.3) is 0 Å². The Morgan fingerprint density at radius 3 is 2.44 bits per heavy atom. The fraction of sp³-hybridized carbons (Fsp3) is 0.500. The Balaban J connectivity index is 3.08. The fourth-order valence-electron chi connectivity index (χ4n) is 2.12. The number of amides is 1. The van der Waals surface area contributed by atoms with Crippen LogP contribution in [-0.4, -0.2) is 19.0 Å². The van der Waals surface area contributed by atoms with Crippen LogP contribution in [0, 0.1) is 13.8 Å². The molecule has 0 heterocycles. The van der Waals surface area contributed by atoms with Crippen LogP contribution in [0.5, 0.6) is 5.75 Å². The van der Waals surface area contributed by atoms with Crippen molar-refractivity contribution in [1.82, 2.24) is 5.32 Å². The van der Waals surface area contributed by atoms with Gasteiger partial charge in [-0.05, 0) is 48.2 Å². The first kappa shape index (κ1) is 14.8. The molecule has 100 valence electrons. The zero-order chi connectivity index (χ0) is 13.9. The summed E-state index contributed by atoms with van der Waals surface area (Å²) < 4.78 is 5.30. The summed E-state index contributed by atoms with van der Waals surface area (Å²) in [5.74, 6) is 0.883. The quantitative estimate of drug-likeness (QED) is 0.671. The number of carbonyl (C=O) groups excluding carboxylic acids is 1. The zero-order valence-corrected chi connectivity index (χ0v) is 12.3. The fourth-order valence-corrected chi connectivity index (χ4v) is 2.19. The van der Waals surface area contributed by atoms with Gasteiger partial charge in [-0.2, -0.15) is 0 Å². The number of aryl methyl sites for hydroxylation is 2. The molecule has 0 atom stereocenters. The second-order valence-electron chi connectivity index (χ2n) is 5.15. The summed E-state index contributed by atoms with van der Waals surface area (Å²) in [6.45, 7) is 8.71. The van der Waals surface area contributed by atoms with Crippen molar-refractivity contribution >= 4 is 17.0 Å². The highest BCUT2D eigenvalue weighted by Gasteiger charge is 2.24. The normalized spacial score (nSPS) is 11.2. The lowest BCUT2D eigenvalue weighted by atomic mass is 9.81. The third-order valence-electron chi connectivity index (χ3n) is 3.14. The third kappa shape index (κ3) is 3.39. The monoisotopic (exact) mass is 269 g/mol. The van der Waals surface area contributed by atoms with Gasteiger partial charge < -0.3 is 10.1 Å². The number of hydrogen-bond donors (Lipinski definition) is 1. The van der Waals surface area contributed by atoms with Crippen LogP contribution in [0.2, 0.25) is 0 Å². The molecular formula is C14H20ClNO2. The molecule has 0 radical (unpaired) electrons. The molecule has 0 aromatic heterocycles. The number of benzene rings is 1. The minimum absolute atomic E-state index is 0.175. The Morgan fingerprint density at radius 1 is 1.33 bits per heavy atom. The van der Waals surface area contributed by atoms with Crippen LogP contribution < -0.4 is 10.1 Å². The Kier molecular flexibility index (Phi) is 4.63. The largest absolute Gasteiger partial charge is 0.496 e. The molecule has 0 aliphatic carbocycles. The van der Waals surface area contributed by atoms with E-state index in [9.17, 15) is 4.79 Å². The zero-order valence-electron chi connectivity index (χ0n) is 11.6. The van der Waals surface area contributed by atoms with Crippen LogP contribution >= 0.6 is 11.6 Å². The first-order valence-corrected chi connectivity index (χ1v) is 6.25. The van der Waals surface area contributed by atoms with Crippen LogP contribution in [0.4, 0.5) is 4.79 Å². The number of rotatable bonds is 4. The maximum atomic E-state index is 10.8. The van der Waals surface area contributed by atoms with Gasteiger partial charge in [0.15, 0.2) is 0 Å².